The van der Waals surface area contributed by atoms with E-state index in [1.807, 2.05) is 12.1 Å². The summed E-state index contributed by atoms with van der Waals surface area (Å²) in [7, 11) is 0. The Morgan fingerprint density at radius 2 is 0.884 bits per heavy atom. The van der Waals surface area contributed by atoms with Crippen LogP contribution in [0.2, 0.25) is 0 Å². The Kier molecular flexibility index (Phi) is 4.51. The summed E-state index contributed by atoms with van der Waals surface area (Å²) in [6, 6.07) is 53.2. The first-order chi connectivity index (χ1) is 21.3. The molecule has 0 unspecified atom stereocenters. The number of hydrogen-bond donors (Lipinski definition) is 0. The van der Waals surface area contributed by atoms with Crippen molar-refractivity contribution in [3.8, 4) is 22.3 Å². The van der Waals surface area contributed by atoms with Gasteiger partial charge in [-0.3, -0.25) is 0 Å². The van der Waals surface area contributed by atoms with E-state index in [2.05, 4.69) is 133 Å². The van der Waals surface area contributed by atoms with Crippen molar-refractivity contribution in [1.82, 2.24) is 0 Å². The van der Waals surface area contributed by atoms with Gasteiger partial charge in [0, 0.05) is 10.8 Å². The average molecular weight is 545 g/mol. The zero-order valence-electron chi connectivity index (χ0n) is 23.3. The van der Waals surface area contributed by atoms with Crippen LogP contribution in [0.15, 0.2) is 150 Å². The fourth-order valence-electron chi connectivity index (χ4n) is 7.58. The molecule has 1 heteroatoms. The van der Waals surface area contributed by atoms with E-state index in [1.54, 1.807) is 0 Å². The number of furan rings is 1. The van der Waals surface area contributed by atoms with Crippen LogP contribution in [0.25, 0.3) is 98.1 Å². The molecule has 9 aromatic carbocycles. The van der Waals surface area contributed by atoms with Gasteiger partial charge in [-0.25, -0.2) is 0 Å². The summed E-state index contributed by atoms with van der Waals surface area (Å²) < 4.78 is 6.34. The van der Waals surface area contributed by atoms with Gasteiger partial charge in [-0.1, -0.05) is 121 Å². The second kappa shape index (κ2) is 8.44. The SMILES string of the molecule is c1cc2ccc3cccc4c(-c5c6ccccc6c(-c6ccc7c(c6)oc6ccccc67)c6ccccc56)cc(c1)c2c34. The highest BCUT2D eigenvalue weighted by molar-refractivity contribution is 6.30. The first kappa shape index (κ1) is 23.0. The summed E-state index contributed by atoms with van der Waals surface area (Å²) in [5.41, 5.74) is 6.83. The lowest BCUT2D eigenvalue weighted by atomic mass is 9.83. The molecule has 10 rings (SSSR count). The first-order valence-electron chi connectivity index (χ1n) is 14.9. The molecule has 0 radical (unpaired) electrons. The lowest BCUT2D eigenvalue weighted by Crippen LogP contribution is -1.93. The van der Waals surface area contributed by atoms with Crippen molar-refractivity contribution < 1.29 is 4.42 Å². The number of benzene rings is 9. The summed E-state index contributed by atoms with van der Waals surface area (Å²) >= 11 is 0. The third kappa shape index (κ3) is 3.11. The molecule has 1 aromatic heterocycles. The van der Waals surface area contributed by atoms with E-state index in [-0.39, 0.29) is 0 Å². The van der Waals surface area contributed by atoms with Crippen molar-refractivity contribution in [2.45, 2.75) is 0 Å². The van der Waals surface area contributed by atoms with Crippen LogP contribution < -0.4 is 0 Å². The van der Waals surface area contributed by atoms with Gasteiger partial charge in [0.15, 0.2) is 0 Å². The second-order valence-electron chi connectivity index (χ2n) is 11.6. The molecule has 43 heavy (non-hydrogen) atoms. The maximum absolute atomic E-state index is 6.34. The van der Waals surface area contributed by atoms with Gasteiger partial charge in [-0.05, 0) is 100 Å². The van der Waals surface area contributed by atoms with Gasteiger partial charge in [-0.15, -0.1) is 0 Å². The zero-order chi connectivity index (χ0) is 28.1. The van der Waals surface area contributed by atoms with Crippen molar-refractivity contribution in [3.05, 3.63) is 146 Å². The fourth-order valence-corrected chi connectivity index (χ4v) is 7.58. The van der Waals surface area contributed by atoms with E-state index in [1.165, 1.54) is 76.1 Å². The van der Waals surface area contributed by atoms with Gasteiger partial charge in [0.25, 0.3) is 0 Å². The van der Waals surface area contributed by atoms with E-state index >= 15 is 0 Å². The van der Waals surface area contributed by atoms with Crippen molar-refractivity contribution in [2.24, 2.45) is 0 Å². The smallest absolute Gasteiger partial charge is 0.136 e. The molecule has 0 aliphatic heterocycles. The molecule has 0 N–H and O–H groups in total. The summed E-state index contributed by atoms with van der Waals surface area (Å²) in [6.07, 6.45) is 0. The fraction of sp³-hybridized carbons (Fsp3) is 0. The molecule has 0 aliphatic rings. The Labute approximate surface area is 247 Å². The summed E-state index contributed by atoms with van der Waals surface area (Å²) in [5, 5.41) is 15.2. The minimum Gasteiger partial charge on any atom is -0.456 e. The van der Waals surface area contributed by atoms with Crippen LogP contribution in [-0.2, 0) is 0 Å². The number of para-hydroxylation sites is 1. The molecule has 0 amide bonds. The zero-order valence-corrected chi connectivity index (χ0v) is 23.3. The Morgan fingerprint density at radius 3 is 1.63 bits per heavy atom. The lowest BCUT2D eigenvalue weighted by Gasteiger charge is -2.20. The minimum atomic E-state index is 0.919. The maximum atomic E-state index is 6.34. The highest BCUT2D eigenvalue weighted by Gasteiger charge is 2.20. The van der Waals surface area contributed by atoms with E-state index in [4.69, 9.17) is 4.42 Å². The Hall–Kier alpha value is -5.66. The molecule has 0 aliphatic carbocycles. The monoisotopic (exact) mass is 544 g/mol. The van der Waals surface area contributed by atoms with E-state index < -0.39 is 0 Å². The molecular weight excluding hydrogens is 520 g/mol. The molecule has 0 fully saturated rings. The van der Waals surface area contributed by atoms with Gasteiger partial charge in [0.1, 0.15) is 11.2 Å². The summed E-state index contributed by atoms with van der Waals surface area (Å²) in [4.78, 5) is 0. The lowest BCUT2D eigenvalue weighted by molar-refractivity contribution is 0.669. The highest BCUT2D eigenvalue weighted by Crippen LogP contribution is 2.48. The molecule has 0 atom stereocenters. The quantitative estimate of drug-likeness (QED) is 0.156. The molecule has 0 saturated heterocycles. The Morgan fingerprint density at radius 1 is 0.326 bits per heavy atom. The van der Waals surface area contributed by atoms with Crippen LogP contribution in [0.1, 0.15) is 0 Å². The molecule has 198 valence electrons. The maximum Gasteiger partial charge on any atom is 0.136 e. The topological polar surface area (TPSA) is 13.1 Å². The normalized spacial score (nSPS) is 12.2. The van der Waals surface area contributed by atoms with Gasteiger partial charge >= 0.3 is 0 Å². The van der Waals surface area contributed by atoms with Gasteiger partial charge in [-0.2, -0.15) is 0 Å². The largest absolute Gasteiger partial charge is 0.456 e. The van der Waals surface area contributed by atoms with Crippen LogP contribution in [0.4, 0.5) is 0 Å². The predicted octanol–water partition coefficient (Wildman–Crippen LogP) is 12.1. The summed E-state index contributed by atoms with van der Waals surface area (Å²) in [5.74, 6) is 0. The van der Waals surface area contributed by atoms with Crippen molar-refractivity contribution in [3.63, 3.8) is 0 Å². The average Bonchev–Trinajstić information content (AvgIpc) is 3.44. The molecule has 10 aromatic rings. The van der Waals surface area contributed by atoms with Crippen LogP contribution in [-0.4, -0.2) is 0 Å². The highest BCUT2D eigenvalue weighted by atomic mass is 16.3. The molecular formula is C42H24O. The standard InChI is InChI=1S/C42H24O/c1-3-15-33-31(13-1)40(28-21-22-30-29-12-5-6-18-37(29)43-38(30)24-28)32-14-2-4-16-34(32)42(33)36-23-27-11-7-9-25-19-20-26-10-8-17-35(36)41(26)39(25)27/h1-24H. The van der Waals surface area contributed by atoms with Gasteiger partial charge < -0.3 is 4.42 Å². The summed E-state index contributed by atoms with van der Waals surface area (Å²) in [6.45, 7) is 0. The van der Waals surface area contributed by atoms with Gasteiger partial charge in [0.05, 0.1) is 0 Å². The molecule has 0 saturated carbocycles. The van der Waals surface area contributed by atoms with Crippen molar-refractivity contribution in [2.75, 3.05) is 0 Å². The second-order valence-corrected chi connectivity index (χ2v) is 11.6. The Bertz CT molecular complexity index is 2670. The molecule has 1 nitrogen and oxygen atoms in total. The van der Waals surface area contributed by atoms with Crippen LogP contribution in [0, 0.1) is 0 Å². The van der Waals surface area contributed by atoms with E-state index in [0.29, 0.717) is 0 Å². The van der Waals surface area contributed by atoms with Crippen LogP contribution >= 0.6 is 0 Å². The van der Waals surface area contributed by atoms with Crippen LogP contribution in [0.3, 0.4) is 0 Å². The van der Waals surface area contributed by atoms with Crippen molar-refractivity contribution >= 4 is 75.8 Å². The van der Waals surface area contributed by atoms with E-state index in [9.17, 15) is 0 Å². The Balaban J connectivity index is 1.35. The molecule has 0 spiro atoms. The van der Waals surface area contributed by atoms with Crippen molar-refractivity contribution in [1.29, 1.82) is 0 Å². The number of fused-ring (bicyclic) bond motifs is 5. The first-order valence-corrected chi connectivity index (χ1v) is 14.9. The number of rotatable bonds is 2. The number of hydrogen-bond acceptors (Lipinski definition) is 1. The predicted molar refractivity (Wildman–Crippen MR) is 183 cm³/mol. The third-order valence-electron chi connectivity index (χ3n) is 9.38. The van der Waals surface area contributed by atoms with E-state index in [0.717, 1.165) is 21.9 Å². The van der Waals surface area contributed by atoms with Crippen LogP contribution in [0.5, 0.6) is 0 Å². The van der Waals surface area contributed by atoms with Gasteiger partial charge in [0.2, 0.25) is 0 Å². The third-order valence-corrected chi connectivity index (χ3v) is 9.38. The molecule has 0 bridgehead atoms. The minimum absolute atomic E-state index is 0.919. The molecule has 1 heterocycles.